The molecule has 0 aliphatic carbocycles. The maximum atomic E-state index is 12.1. The first-order valence-electron chi connectivity index (χ1n) is 8.68. The number of rotatable bonds is 6. The van der Waals surface area contributed by atoms with E-state index in [1.165, 1.54) is 5.56 Å². The van der Waals surface area contributed by atoms with Gasteiger partial charge in [0.2, 0.25) is 5.91 Å². The number of amides is 1. The SMILES string of the molecule is Cc1ccc(CC(=O)NCCc2nc3cccnc3n2C(C)C)cc1. The predicted octanol–water partition coefficient (Wildman–Crippen LogP) is 3.22. The number of benzene rings is 1. The normalized spacial score (nSPS) is 11.2. The van der Waals surface area contributed by atoms with Crippen molar-refractivity contribution in [2.24, 2.45) is 0 Å². The number of carbonyl (C=O) groups excluding carboxylic acids is 1. The molecule has 1 amide bonds. The number of nitrogens with one attached hydrogen (secondary N) is 1. The molecule has 0 unspecified atom stereocenters. The maximum Gasteiger partial charge on any atom is 0.224 e. The first-order chi connectivity index (χ1) is 12.0. The molecular weight excluding hydrogens is 312 g/mol. The van der Waals surface area contributed by atoms with Crippen LogP contribution in [0.1, 0.15) is 36.8 Å². The molecule has 0 aliphatic rings. The molecule has 0 saturated heterocycles. The third-order valence-corrected chi connectivity index (χ3v) is 4.19. The van der Waals surface area contributed by atoms with Crippen LogP contribution in [0, 0.1) is 6.92 Å². The quantitative estimate of drug-likeness (QED) is 0.752. The lowest BCUT2D eigenvalue weighted by Gasteiger charge is -2.12. The first kappa shape index (κ1) is 17.1. The van der Waals surface area contributed by atoms with Gasteiger partial charge in [-0.25, -0.2) is 9.97 Å². The van der Waals surface area contributed by atoms with Crippen LogP contribution in [0.4, 0.5) is 0 Å². The number of imidazole rings is 1. The van der Waals surface area contributed by atoms with Crippen LogP contribution in [-0.2, 0) is 17.6 Å². The first-order valence-corrected chi connectivity index (χ1v) is 8.68. The number of pyridine rings is 1. The summed E-state index contributed by atoms with van der Waals surface area (Å²) in [5, 5.41) is 2.99. The van der Waals surface area contributed by atoms with Gasteiger partial charge in [-0.2, -0.15) is 0 Å². The third kappa shape index (κ3) is 4.05. The van der Waals surface area contributed by atoms with Crippen molar-refractivity contribution < 1.29 is 4.79 Å². The van der Waals surface area contributed by atoms with Crippen molar-refractivity contribution in [3.63, 3.8) is 0 Å². The lowest BCUT2D eigenvalue weighted by Crippen LogP contribution is -2.28. The Morgan fingerprint density at radius 1 is 1.20 bits per heavy atom. The molecule has 2 aromatic heterocycles. The van der Waals surface area contributed by atoms with E-state index in [4.69, 9.17) is 0 Å². The highest BCUT2D eigenvalue weighted by molar-refractivity contribution is 5.78. The Morgan fingerprint density at radius 2 is 1.96 bits per heavy atom. The highest BCUT2D eigenvalue weighted by Crippen LogP contribution is 2.19. The predicted molar refractivity (Wildman–Crippen MR) is 99.5 cm³/mol. The Kier molecular flexibility index (Phi) is 5.12. The second kappa shape index (κ2) is 7.47. The van der Waals surface area contributed by atoms with Crippen LogP contribution in [0.3, 0.4) is 0 Å². The summed E-state index contributed by atoms with van der Waals surface area (Å²) in [7, 11) is 0. The van der Waals surface area contributed by atoms with E-state index < -0.39 is 0 Å². The van der Waals surface area contributed by atoms with Crippen molar-refractivity contribution in [2.45, 2.75) is 39.7 Å². The van der Waals surface area contributed by atoms with E-state index in [1.54, 1.807) is 6.20 Å². The third-order valence-electron chi connectivity index (χ3n) is 4.19. The minimum absolute atomic E-state index is 0.0363. The fourth-order valence-corrected chi connectivity index (χ4v) is 2.96. The van der Waals surface area contributed by atoms with Gasteiger partial charge in [0.05, 0.1) is 6.42 Å². The Morgan fingerprint density at radius 3 is 2.68 bits per heavy atom. The molecular formula is C20H24N4O. The van der Waals surface area contributed by atoms with Crippen LogP contribution in [0.2, 0.25) is 0 Å². The minimum atomic E-state index is 0.0363. The highest BCUT2D eigenvalue weighted by Gasteiger charge is 2.14. The van der Waals surface area contributed by atoms with E-state index in [-0.39, 0.29) is 11.9 Å². The smallest absolute Gasteiger partial charge is 0.224 e. The lowest BCUT2D eigenvalue weighted by atomic mass is 10.1. The Bertz CT molecular complexity index is 865. The molecule has 3 rings (SSSR count). The average Bonchev–Trinajstić information content (AvgIpc) is 2.95. The van der Waals surface area contributed by atoms with Crippen LogP contribution in [0.25, 0.3) is 11.2 Å². The Balaban J connectivity index is 1.62. The summed E-state index contributed by atoms with van der Waals surface area (Å²) >= 11 is 0. The van der Waals surface area contributed by atoms with Crippen LogP contribution in [0.5, 0.6) is 0 Å². The summed E-state index contributed by atoms with van der Waals surface area (Å²) in [6.07, 6.45) is 2.88. The molecule has 25 heavy (non-hydrogen) atoms. The van der Waals surface area contributed by atoms with E-state index in [2.05, 4.69) is 33.7 Å². The van der Waals surface area contributed by atoms with Crippen LogP contribution >= 0.6 is 0 Å². The van der Waals surface area contributed by atoms with Crippen molar-refractivity contribution >= 4 is 17.1 Å². The molecule has 0 saturated carbocycles. The largest absolute Gasteiger partial charge is 0.355 e. The van der Waals surface area contributed by atoms with Gasteiger partial charge in [0.1, 0.15) is 11.3 Å². The summed E-state index contributed by atoms with van der Waals surface area (Å²) in [6.45, 7) is 6.85. The molecule has 3 aromatic rings. The number of hydrogen-bond donors (Lipinski definition) is 1. The number of carbonyl (C=O) groups is 1. The molecule has 2 heterocycles. The zero-order valence-corrected chi connectivity index (χ0v) is 15.0. The second-order valence-corrected chi connectivity index (χ2v) is 6.60. The molecule has 0 aliphatic heterocycles. The monoisotopic (exact) mass is 336 g/mol. The standard InChI is InChI=1S/C20H24N4O/c1-14(2)24-18(23-17-5-4-11-22-20(17)24)10-12-21-19(25)13-16-8-6-15(3)7-9-16/h4-9,11,14H,10,12-13H2,1-3H3,(H,21,25). The van der Waals surface area contributed by atoms with Gasteiger partial charge in [-0.15, -0.1) is 0 Å². The van der Waals surface area contributed by atoms with E-state index in [0.717, 1.165) is 22.6 Å². The van der Waals surface area contributed by atoms with Gasteiger partial charge in [0.25, 0.3) is 0 Å². The average molecular weight is 336 g/mol. The number of aromatic nitrogens is 3. The topological polar surface area (TPSA) is 59.8 Å². The van der Waals surface area contributed by atoms with Crippen molar-refractivity contribution in [3.8, 4) is 0 Å². The van der Waals surface area contributed by atoms with Crippen molar-refractivity contribution in [3.05, 3.63) is 59.5 Å². The van der Waals surface area contributed by atoms with Crippen molar-refractivity contribution in [2.75, 3.05) is 6.54 Å². The Labute approximate surface area is 148 Å². The summed E-state index contributed by atoms with van der Waals surface area (Å²) in [5.41, 5.74) is 4.03. The van der Waals surface area contributed by atoms with Gasteiger partial charge in [0.15, 0.2) is 5.65 Å². The molecule has 5 nitrogen and oxygen atoms in total. The van der Waals surface area contributed by atoms with Crippen LogP contribution in [0.15, 0.2) is 42.6 Å². The zero-order valence-electron chi connectivity index (χ0n) is 15.0. The van der Waals surface area contributed by atoms with E-state index in [1.807, 2.05) is 43.3 Å². The number of fused-ring (bicyclic) bond motifs is 1. The maximum absolute atomic E-state index is 12.1. The fraction of sp³-hybridized carbons (Fsp3) is 0.350. The molecule has 0 bridgehead atoms. The second-order valence-electron chi connectivity index (χ2n) is 6.60. The van der Waals surface area contributed by atoms with Gasteiger partial charge in [-0.3, -0.25) is 4.79 Å². The van der Waals surface area contributed by atoms with Crippen molar-refractivity contribution in [1.29, 1.82) is 0 Å². The Hall–Kier alpha value is -2.69. The summed E-state index contributed by atoms with van der Waals surface area (Å²) < 4.78 is 2.14. The molecule has 1 N–H and O–H groups in total. The van der Waals surface area contributed by atoms with E-state index in [0.29, 0.717) is 19.4 Å². The van der Waals surface area contributed by atoms with Gasteiger partial charge >= 0.3 is 0 Å². The van der Waals surface area contributed by atoms with E-state index in [9.17, 15) is 4.79 Å². The minimum Gasteiger partial charge on any atom is -0.355 e. The van der Waals surface area contributed by atoms with Crippen molar-refractivity contribution in [1.82, 2.24) is 19.9 Å². The van der Waals surface area contributed by atoms with Gasteiger partial charge in [-0.05, 0) is 38.5 Å². The van der Waals surface area contributed by atoms with Crippen LogP contribution in [-0.4, -0.2) is 27.0 Å². The summed E-state index contributed by atoms with van der Waals surface area (Å²) in [5.74, 6) is 0.994. The van der Waals surface area contributed by atoms with Gasteiger partial charge < -0.3 is 9.88 Å². The molecule has 0 spiro atoms. The summed E-state index contributed by atoms with van der Waals surface area (Å²) in [4.78, 5) is 21.2. The summed E-state index contributed by atoms with van der Waals surface area (Å²) in [6, 6.07) is 12.2. The van der Waals surface area contributed by atoms with Gasteiger partial charge in [0, 0.05) is 25.2 Å². The molecule has 0 atom stereocenters. The van der Waals surface area contributed by atoms with E-state index >= 15 is 0 Å². The fourth-order valence-electron chi connectivity index (χ4n) is 2.96. The molecule has 1 aromatic carbocycles. The van der Waals surface area contributed by atoms with Gasteiger partial charge in [-0.1, -0.05) is 29.8 Å². The molecule has 130 valence electrons. The molecule has 0 fully saturated rings. The lowest BCUT2D eigenvalue weighted by molar-refractivity contribution is -0.120. The highest BCUT2D eigenvalue weighted by atomic mass is 16.1. The molecule has 5 heteroatoms. The number of hydrogen-bond acceptors (Lipinski definition) is 3. The van der Waals surface area contributed by atoms with Crippen LogP contribution < -0.4 is 5.32 Å². The number of aryl methyl sites for hydroxylation is 1. The molecule has 0 radical (unpaired) electrons. The zero-order chi connectivity index (χ0) is 17.8. The number of nitrogens with zero attached hydrogens (tertiary/aromatic N) is 3.